The highest BCUT2D eigenvalue weighted by Crippen LogP contribution is 2.26. The average Bonchev–Trinajstić information content (AvgIpc) is 2.47. The van der Waals surface area contributed by atoms with E-state index in [9.17, 15) is 0 Å². The average molecular weight is 246 g/mol. The van der Waals surface area contributed by atoms with Crippen molar-refractivity contribution >= 4 is 10.8 Å². The van der Waals surface area contributed by atoms with Gasteiger partial charge in [-0.2, -0.15) is 0 Å². The molecule has 0 heterocycles. The Morgan fingerprint density at radius 2 is 1.42 bits per heavy atom. The molecule has 0 fully saturated rings. The first-order valence-corrected chi connectivity index (χ1v) is 6.57. The summed E-state index contributed by atoms with van der Waals surface area (Å²) in [6.07, 6.45) is 0.759. The van der Waals surface area contributed by atoms with Crippen molar-refractivity contribution in [3.05, 3.63) is 83.9 Å². The van der Waals surface area contributed by atoms with E-state index in [2.05, 4.69) is 36.4 Å². The Morgan fingerprint density at radius 3 is 2.26 bits per heavy atom. The molecule has 1 atom stereocenters. The molecule has 3 rings (SSSR count). The maximum Gasteiger partial charge on any atom is 0.0509 e. The number of hydrogen-bond donors (Lipinski definition) is 0. The van der Waals surface area contributed by atoms with Crippen LogP contribution in [0.1, 0.15) is 17.2 Å². The largest absolute Gasteiger partial charge is 0.249 e. The number of hydrogen-bond acceptors (Lipinski definition) is 0. The summed E-state index contributed by atoms with van der Waals surface area (Å²) in [7, 11) is 0. The fourth-order valence-electron chi connectivity index (χ4n) is 2.51. The van der Waals surface area contributed by atoms with E-state index >= 15 is 0 Å². The SMILES string of the molecule is [NH]C(Cc1ccccc1)c1cccc2ccccc12. The minimum Gasteiger partial charge on any atom is -0.249 e. The van der Waals surface area contributed by atoms with Gasteiger partial charge in [0.2, 0.25) is 0 Å². The third-order valence-electron chi connectivity index (χ3n) is 3.48. The normalized spacial score (nSPS) is 12.5. The maximum absolute atomic E-state index is 8.43. The van der Waals surface area contributed by atoms with Crippen LogP contribution in [0.15, 0.2) is 72.8 Å². The Hall–Kier alpha value is -2.12. The quantitative estimate of drug-likeness (QED) is 0.654. The topological polar surface area (TPSA) is 23.8 Å². The van der Waals surface area contributed by atoms with Gasteiger partial charge in [-0.15, -0.1) is 0 Å². The zero-order valence-electron chi connectivity index (χ0n) is 10.7. The standard InChI is InChI=1S/C18H16N/c19-18(13-14-7-2-1-3-8-14)17-12-6-10-15-9-4-5-11-16(15)17/h1-12,18-19H,13H2. The molecule has 0 amide bonds. The van der Waals surface area contributed by atoms with Gasteiger partial charge in [-0.1, -0.05) is 72.8 Å². The van der Waals surface area contributed by atoms with Crippen molar-refractivity contribution < 1.29 is 0 Å². The van der Waals surface area contributed by atoms with Crippen LogP contribution in [0.25, 0.3) is 10.8 Å². The van der Waals surface area contributed by atoms with Gasteiger partial charge in [-0.25, -0.2) is 5.73 Å². The summed E-state index contributed by atoms with van der Waals surface area (Å²) in [6.45, 7) is 0. The van der Waals surface area contributed by atoms with Crippen LogP contribution < -0.4 is 5.73 Å². The van der Waals surface area contributed by atoms with Crippen molar-refractivity contribution in [3.63, 3.8) is 0 Å². The van der Waals surface area contributed by atoms with Crippen molar-refractivity contribution in [1.29, 1.82) is 0 Å². The molecule has 0 aromatic heterocycles. The van der Waals surface area contributed by atoms with Crippen molar-refractivity contribution in [2.24, 2.45) is 0 Å². The predicted octanol–water partition coefficient (Wildman–Crippen LogP) is 4.41. The van der Waals surface area contributed by atoms with Gasteiger partial charge in [0.1, 0.15) is 0 Å². The molecule has 0 saturated heterocycles. The lowest BCUT2D eigenvalue weighted by Crippen LogP contribution is -2.04. The molecule has 1 radical (unpaired) electrons. The molecule has 0 aliphatic heterocycles. The zero-order chi connectivity index (χ0) is 13.1. The molecule has 1 unspecified atom stereocenters. The molecular weight excluding hydrogens is 230 g/mol. The monoisotopic (exact) mass is 246 g/mol. The van der Waals surface area contributed by atoms with Crippen LogP contribution in [0.4, 0.5) is 0 Å². The molecular formula is C18H16N. The molecule has 0 aliphatic carbocycles. The number of fused-ring (bicyclic) bond motifs is 1. The van der Waals surface area contributed by atoms with Crippen LogP contribution in [0.3, 0.4) is 0 Å². The lowest BCUT2D eigenvalue weighted by Gasteiger charge is -2.14. The molecule has 1 nitrogen and oxygen atoms in total. The molecule has 0 saturated carbocycles. The Morgan fingerprint density at radius 1 is 0.737 bits per heavy atom. The Balaban J connectivity index is 1.96. The fraction of sp³-hybridized carbons (Fsp3) is 0.111. The highest BCUT2D eigenvalue weighted by Gasteiger charge is 2.10. The van der Waals surface area contributed by atoms with Crippen molar-refractivity contribution in [2.75, 3.05) is 0 Å². The summed E-state index contributed by atoms with van der Waals surface area (Å²) in [6, 6.07) is 24.6. The highest BCUT2D eigenvalue weighted by atomic mass is 14.6. The van der Waals surface area contributed by atoms with Crippen LogP contribution in [-0.2, 0) is 6.42 Å². The first-order valence-electron chi connectivity index (χ1n) is 6.57. The van der Waals surface area contributed by atoms with Gasteiger partial charge in [0.05, 0.1) is 6.04 Å². The molecule has 19 heavy (non-hydrogen) atoms. The predicted molar refractivity (Wildman–Crippen MR) is 79.9 cm³/mol. The summed E-state index contributed by atoms with van der Waals surface area (Å²) >= 11 is 0. The van der Waals surface area contributed by atoms with Gasteiger partial charge in [0.15, 0.2) is 0 Å². The van der Waals surface area contributed by atoms with E-state index in [-0.39, 0.29) is 6.04 Å². The molecule has 0 aliphatic rings. The van der Waals surface area contributed by atoms with Crippen LogP contribution in [0.2, 0.25) is 0 Å². The van der Waals surface area contributed by atoms with E-state index in [1.165, 1.54) is 16.3 Å². The molecule has 3 aromatic carbocycles. The Bertz CT molecular complexity index is 668. The Kier molecular flexibility index (Phi) is 3.30. The van der Waals surface area contributed by atoms with Crippen LogP contribution in [0, 0.1) is 0 Å². The second-order valence-corrected chi connectivity index (χ2v) is 4.81. The van der Waals surface area contributed by atoms with Gasteiger partial charge >= 0.3 is 0 Å². The summed E-state index contributed by atoms with van der Waals surface area (Å²) in [5, 5.41) is 2.41. The van der Waals surface area contributed by atoms with Crippen molar-refractivity contribution in [1.82, 2.24) is 5.73 Å². The zero-order valence-corrected chi connectivity index (χ0v) is 10.7. The molecule has 1 heteroatoms. The van der Waals surface area contributed by atoms with Crippen molar-refractivity contribution in [3.8, 4) is 0 Å². The number of nitrogens with one attached hydrogen (secondary N) is 1. The fourth-order valence-corrected chi connectivity index (χ4v) is 2.51. The van der Waals surface area contributed by atoms with Crippen LogP contribution >= 0.6 is 0 Å². The van der Waals surface area contributed by atoms with E-state index in [0.29, 0.717) is 0 Å². The number of benzene rings is 3. The molecule has 93 valence electrons. The van der Waals surface area contributed by atoms with Crippen LogP contribution in [0.5, 0.6) is 0 Å². The van der Waals surface area contributed by atoms with E-state index in [0.717, 1.165) is 12.0 Å². The first-order chi connectivity index (χ1) is 9.34. The minimum atomic E-state index is -0.214. The third kappa shape index (κ3) is 2.51. The van der Waals surface area contributed by atoms with Gasteiger partial charge in [0, 0.05) is 0 Å². The molecule has 1 N–H and O–H groups in total. The van der Waals surface area contributed by atoms with E-state index in [1.807, 2.05) is 36.4 Å². The van der Waals surface area contributed by atoms with Crippen molar-refractivity contribution in [2.45, 2.75) is 12.5 Å². The van der Waals surface area contributed by atoms with Gasteiger partial charge < -0.3 is 0 Å². The lowest BCUT2D eigenvalue weighted by molar-refractivity contribution is 0.704. The first kappa shape index (κ1) is 11.9. The van der Waals surface area contributed by atoms with E-state index < -0.39 is 0 Å². The van der Waals surface area contributed by atoms with Crippen LogP contribution in [-0.4, -0.2) is 0 Å². The Labute approximate surface area is 113 Å². The maximum atomic E-state index is 8.43. The summed E-state index contributed by atoms with van der Waals surface area (Å²) in [5.41, 5.74) is 10.8. The second-order valence-electron chi connectivity index (χ2n) is 4.81. The van der Waals surface area contributed by atoms with Gasteiger partial charge in [0.25, 0.3) is 0 Å². The molecule has 0 bridgehead atoms. The number of rotatable bonds is 3. The molecule has 0 spiro atoms. The molecule has 3 aromatic rings. The second kappa shape index (κ2) is 5.25. The minimum absolute atomic E-state index is 0.214. The van der Waals surface area contributed by atoms with E-state index in [4.69, 9.17) is 5.73 Å². The third-order valence-corrected chi connectivity index (χ3v) is 3.48. The summed E-state index contributed by atoms with van der Waals surface area (Å²) < 4.78 is 0. The smallest absolute Gasteiger partial charge is 0.0509 e. The highest BCUT2D eigenvalue weighted by molar-refractivity contribution is 5.86. The van der Waals surface area contributed by atoms with Gasteiger partial charge in [-0.05, 0) is 28.3 Å². The summed E-state index contributed by atoms with van der Waals surface area (Å²) in [4.78, 5) is 0. The summed E-state index contributed by atoms with van der Waals surface area (Å²) in [5.74, 6) is 0. The van der Waals surface area contributed by atoms with Gasteiger partial charge in [-0.3, -0.25) is 0 Å². The lowest BCUT2D eigenvalue weighted by atomic mass is 9.95. The van der Waals surface area contributed by atoms with E-state index in [1.54, 1.807) is 0 Å².